The van der Waals surface area contributed by atoms with Crippen molar-refractivity contribution >= 4 is 26.8 Å². The normalized spacial score (nSPS) is 12.2. The molecule has 0 bridgehead atoms. The summed E-state index contributed by atoms with van der Waals surface area (Å²) in [5.74, 6) is 0.597. The first-order valence-electron chi connectivity index (χ1n) is 9.79. The van der Waals surface area contributed by atoms with Crippen LogP contribution in [0.4, 0.5) is 0 Å². The number of unbranched alkanes of at least 4 members (excludes halogenated alkanes) is 1. The summed E-state index contributed by atoms with van der Waals surface area (Å²) in [5.41, 5.74) is 3.95. The molecule has 0 saturated heterocycles. The molecule has 1 unspecified atom stereocenters. The van der Waals surface area contributed by atoms with Gasteiger partial charge in [0.25, 0.3) is 0 Å². The Morgan fingerprint density at radius 2 is 1.93 bits per heavy atom. The van der Waals surface area contributed by atoms with E-state index in [0.29, 0.717) is 5.88 Å². The van der Waals surface area contributed by atoms with Crippen LogP contribution in [0.15, 0.2) is 65.3 Å². The van der Waals surface area contributed by atoms with Crippen molar-refractivity contribution in [3.8, 4) is 5.88 Å². The first kappa shape index (κ1) is 19.6. The topological polar surface area (TPSA) is 52.8 Å². The molecule has 0 radical (unpaired) electrons. The summed E-state index contributed by atoms with van der Waals surface area (Å²) < 4.78 is 8.63. The number of hydrogen-bond acceptors (Lipinski definition) is 4. The van der Waals surface area contributed by atoms with Gasteiger partial charge in [-0.3, -0.25) is 0 Å². The van der Waals surface area contributed by atoms with Crippen molar-refractivity contribution in [2.24, 2.45) is 0 Å². The number of halogens is 1. The molecule has 0 N–H and O–H groups in total. The van der Waals surface area contributed by atoms with Crippen LogP contribution in [0.2, 0.25) is 0 Å². The molecular formula is C23H23BrN4O. The molecule has 0 spiro atoms. The molecule has 2 aromatic heterocycles. The quantitative estimate of drug-likeness (QED) is 0.368. The summed E-state index contributed by atoms with van der Waals surface area (Å²) >= 11 is 3.56. The number of ether oxygens (including phenoxy) is 1. The first-order chi connectivity index (χ1) is 14.2. The van der Waals surface area contributed by atoms with E-state index >= 15 is 0 Å². The van der Waals surface area contributed by atoms with E-state index in [9.17, 15) is 0 Å². The van der Waals surface area contributed by atoms with Crippen molar-refractivity contribution in [1.82, 2.24) is 20.0 Å². The van der Waals surface area contributed by atoms with Gasteiger partial charge >= 0.3 is 0 Å². The zero-order valence-electron chi connectivity index (χ0n) is 16.5. The van der Waals surface area contributed by atoms with E-state index in [-0.39, 0.29) is 6.04 Å². The molecule has 0 saturated carbocycles. The van der Waals surface area contributed by atoms with E-state index in [1.54, 1.807) is 7.11 Å². The van der Waals surface area contributed by atoms with Crippen LogP contribution in [0.3, 0.4) is 0 Å². The Morgan fingerprint density at radius 3 is 2.69 bits per heavy atom. The Morgan fingerprint density at radius 1 is 1.10 bits per heavy atom. The Bertz CT molecular complexity index is 1110. The molecule has 2 heterocycles. The molecule has 2 aromatic carbocycles. The number of methoxy groups -OCH3 is 1. The number of aromatic nitrogens is 4. The van der Waals surface area contributed by atoms with Crippen molar-refractivity contribution in [3.63, 3.8) is 0 Å². The highest BCUT2D eigenvalue weighted by Crippen LogP contribution is 2.34. The van der Waals surface area contributed by atoms with Crippen molar-refractivity contribution in [2.45, 2.75) is 32.2 Å². The van der Waals surface area contributed by atoms with Gasteiger partial charge in [-0.1, -0.05) is 64.8 Å². The van der Waals surface area contributed by atoms with Gasteiger partial charge in [0.1, 0.15) is 6.04 Å². The van der Waals surface area contributed by atoms with Gasteiger partial charge in [0, 0.05) is 21.6 Å². The molecular weight excluding hydrogens is 428 g/mol. The van der Waals surface area contributed by atoms with Gasteiger partial charge < -0.3 is 4.74 Å². The molecule has 0 aliphatic carbocycles. The molecule has 0 fully saturated rings. The molecule has 5 nitrogen and oxygen atoms in total. The third kappa shape index (κ3) is 4.17. The SMILES string of the molecule is CCCCc1cn(C(c2ccccc2)c2cc3cc(Br)ccc3nc2OC)nn1. The second kappa shape index (κ2) is 8.74. The molecule has 0 aliphatic rings. The van der Waals surface area contributed by atoms with Gasteiger partial charge in [-0.2, -0.15) is 0 Å². The third-order valence-electron chi connectivity index (χ3n) is 4.98. The smallest absolute Gasteiger partial charge is 0.219 e. The largest absolute Gasteiger partial charge is 0.481 e. The fraction of sp³-hybridized carbons (Fsp3) is 0.261. The summed E-state index contributed by atoms with van der Waals surface area (Å²) in [6.07, 6.45) is 5.20. The van der Waals surface area contributed by atoms with Crippen LogP contribution in [0.1, 0.15) is 42.6 Å². The number of nitrogens with zero attached hydrogens (tertiary/aromatic N) is 4. The zero-order valence-corrected chi connectivity index (χ0v) is 18.1. The minimum absolute atomic E-state index is 0.176. The number of pyridine rings is 1. The Labute approximate surface area is 178 Å². The van der Waals surface area contributed by atoms with Gasteiger partial charge in [0.15, 0.2) is 0 Å². The van der Waals surface area contributed by atoms with Crippen LogP contribution in [0.25, 0.3) is 10.9 Å². The second-order valence-electron chi connectivity index (χ2n) is 7.03. The van der Waals surface area contributed by atoms with Crippen LogP contribution in [-0.2, 0) is 6.42 Å². The molecule has 0 aliphatic heterocycles. The molecule has 4 aromatic rings. The summed E-state index contributed by atoms with van der Waals surface area (Å²) in [6.45, 7) is 2.18. The van der Waals surface area contributed by atoms with Gasteiger partial charge in [-0.15, -0.1) is 5.10 Å². The number of hydrogen-bond donors (Lipinski definition) is 0. The minimum Gasteiger partial charge on any atom is -0.481 e. The maximum Gasteiger partial charge on any atom is 0.219 e. The van der Waals surface area contributed by atoms with Crippen LogP contribution in [-0.4, -0.2) is 27.1 Å². The maximum absolute atomic E-state index is 5.69. The lowest BCUT2D eigenvalue weighted by Gasteiger charge is -2.20. The molecule has 6 heteroatoms. The predicted molar refractivity (Wildman–Crippen MR) is 118 cm³/mol. The molecule has 1 atom stereocenters. The predicted octanol–water partition coefficient (Wildman–Crippen LogP) is 5.58. The van der Waals surface area contributed by atoms with Crippen LogP contribution < -0.4 is 4.74 Å². The molecule has 148 valence electrons. The molecule has 4 rings (SSSR count). The number of benzene rings is 2. The standard InChI is InChI=1S/C23H23BrN4O/c1-3-4-10-19-15-28(27-26-19)22(16-8-6-5-7-9-16)20-14-17-13-18(24)11-12-21(17)25-23(20)29-2/h5-9,11-15,22H,3-4,10H2,1-2H3. The summed E-state index contributed by atoms with van der Waals surface area (Å²) in [4.78, 5) is 4.76. The Hall–Kier alpha value is -2.73. The number of fused-ring (bicyclic) bond motifs is 1. The van der Waals surface area contributed by atoms with Gasteiger partial charge in [0.2, 0.25) is 5.88 Å². The average Bonchev–Trinajstić information content (AvgIpc) is 3.21. The van der Waals surface area contributed by atoms with Crippen LogP contribution in [0.5, 0.6) is 5.88 Å². The fourth-order valence-corrected chi connectivity index (χ4v) is 3.91. The molecule has 29 heavy (non-hydrogen) atoms. The fourth-order valence-electron chi connectivity index (χ4n) is 3.53. The third-order valence-corrected chi connectivity index (χ3v) is 5.47. The highest BCUT2D eigenvalue weighted by Gasteiger charge is 2.23. The van der Waals surface area contributed by atoms with Gasteiger partial charge in [-0.05, 0) is 42.7 Å². The monoisotopic (exact) mass is 450 g/mol. The van der Waals surface area contributed by atoms with E-state index in [2.05, 4.69) is 57.4 Å². The Kier molecular flexibility index (Phi) is 5.90. The number of rotatable bonds is 7. The zero-order chi connectivity index (χ0) is 20.2. The summed E-state index contributed by atoms with van der Waals surface area (Å²) in [6, 6.07) is 18.3. The summed E-state index contributed by atoms with van der Waals surface area (Å²) in [7, 11) is 1.66. The van der Waals surface area contributed by atoms with E-state index in [4.69, 9.17) is 9.72 Å². The highest BCUT2D eigenvalue weighted by atomic mass is 79.9. The minimum atomic E-state index is -0.176. The first-order valence-corrected chi connectivity index (χ1v) is 10.6. The van der Waals surface area contributed by atoms with Gasteiger partial charge in [-0.25, -0.2) is 9.67 Å². The lowest BCUT2D eigenvalue weighted by molar-refractivity contribution is 0.387. The van der Waals surface area contributed by atoms with Gasteiger partial charge in [0.05, 0.1) is 18.3 Å². The Balaban J connectivity index is 1.88. The van der Waals surface area contributed by atoms with Crippen molar-refractivity contribution in [1.29, 1.82) is 0 Å². The lowest BCUT2D eigenvalue weighted by Crippen LogP contribution is -2.15. The van der Waals surface area contributed by atoms with E-state index in [1.807, 2.05) is 41.2 Å². The van der Waals surface area contributed by atoms with E-state index in [0.717, 1.165) is 51.5 Å². The highest BCUT2D eigenvalue weighted by molar-refractivity contribution is 9.10. The van der Waals surface area contributed by atoms with Crippen molar-refractivity contribution in [3.05, 3.63) is 82.1 Å². The maximum atomic E-state index is 5.69. The second-order valence-corrected chi connectivity index (χ2v) is 7.95. The van der Waals surface area contributed by atoms with Crippen molar-refractivity contribution < 1.29 is 4.74 Å². The van der Waals surface area contributed by atoms with Crippen molar-refractivity contribution in [2.75, 3.05) is 7.11 Å². The van der Waals surface area contributed by atoms with Crippen LogP contribution >= 0.6 is 15.9 Å². The van der Waals surface area contributed by atoms with E-state index < -0.39 is 0 Å². The molecule has 0 amide bonds. The average molecular weight is 451 g/mol. The van der Waals surface area contributed by atoms with E-state index in [1.165, 1.54) is 0 Å². The summed E-state index contributed by atoms with van der Waals surface area (Å²) in [5, 5.41) is 9.92. The lowest BCUT2D eigenvalue weighted by atomic mass is 9.98. The number of aryl methyl sites for hydroxylation is 1. The van der Waals surface area contributed by atoms with Crippen LogP contribution in [0, 0.1) is 0 Å².